The molecule has 17 heavy (non-hydrogen) atoms. The van der Waals surface area contributed by atoms with Gasteiger partial charge < -0.3 is 10.2 Å². The molecule has 0 saturated carbocycles. The number of β-amino-alcohol motifs (C(OH)–C–C–N with tert-alkyl or cyclic N) is 1. The molecule has 1 heterocycles. The minimum atomic E-state index is -0.445. The van der Waals surface area contributed by atoms with E-state index in [9.17, 15) is 5.11 Å². The van der Waals surface area contributed by atoms with Gasteiger partial charge in [-0.15, -0.1) is 0 Å². The lowest BCUT2D eigenvalue weighted by Gasteiger charge is -2.46. The number of rotatable bonds is 5. The molecule has 1 saturated heterocycles. The summed E-state index contributed by atoms with van der Waals surface area (Å²) < 4.78 is 0. The van der Waals surface area contributed by atoms with Crippen LogP contribution in [-0.2, 0) is 13.2 Å². The summed E-state index contributed by atoms with van der Waals surface area (Å²) in [5.74, 6) is 0. The quantitative estimate of drug-likeness (QED) is 0.813. The number of hydrogen-bond donors (Lipinski definition) is 2. The maximum Gasteiger partial charge on any atom is 0.0900 e. The monoisotopic (exact) mass is 235 g/mol. The molecule has 1 aromatic carbocycles. The highest BCUT2D eigenvalue weighted by Crippen LogP contribution is 2.27. The van der Waals surface area contributed by atoms with E-state index >= 15 is 0 Å². The summed E-state index contributed by atoms with van der Waals surface area (Å²) >= 11 is 0. The Labute approximate surface area is 103 Å². The van der Waals surface area contributed by atoms with Crippen molar-refractivity contribution in [1.29, 1.82) is 0 Å². The van der Waals surface area contributed by atoms with Crippen LogP contribution < -0.4 is 0 Å². The number of aliphatic hydroxyl groups excluding tert-OH is 1. The van der Waals surface area contributed by atoms with Crippen LogP contribution >= 0.6 is 0 Å². The molecule has 2 rings (SSSR count). The van der Waals surface area contributed by atoms with Gasteiger partial charge in [-0.3, -0.25) is 4.90 Å². The summed E-state index contributed by atoms with van der Waals surface area (Å²) in [6.07, 6.45) is 1.93. The zero-order valence-corrected chi connectivity index (χ0v) is 10.4. The van der Waals surface area contributed by atoms with Crippen LogP contribution in [0.15, 0.2) is 24.3 Å². The van der Waals surface area contributed by atoms with Crippen molar-refractivity contribution in [2.45, 2.75) is 38.5 Å². The Morgan fingerprint density at radius 2 is 1.76 bits per heavy atom. The van der Waals surface area contributed by atoms with Gasteiger partial charge in [0.05, 0.1) is 12.2 Å². The van der Waals surface area contributed by atoms with Gasteiger partial charge in [0.2, 0.25) is 0 Å². The Morgan fingerprint density at radius 1 is 1.18 bits per heavy atom. The summed E-state index contributed by atoms with van der Waals surface area (Å²) in [5.41, 5.74) is 1.74. The van der Waals surface area contributed by atoms with Gasteiger partial charge in [0, 0.05) is 19.6 Å². The third-order valence-electron chi connectivity index (χ3n) is 3.36. The molecule has 0 bridgehead atoms. The van der Waals surface area contributed by atoms with Crippen LogP contribution in [-0.4, -0.2) is 33.8 Å². The summed E-state index contributed by atoms with van der Waals surface area (Å²) in [7, 11) is 0. The predicted octanol–water partition coefficient (Wildman–Crippen LogP) is 1.53. The van der Waals surface area contributed by atoms with E-state index in [-0.39, 0.29) is 6.61 Å². The molecule has 1 fully saturated rings. The lowest BCUT2D eigenvalue weighted by Crippen LogP contribution is -2.60. The number of hydrogen-bond acceptors (Lipinski definition) is 3. The molecule has 0 spiro atoms. The van der Waals surface area contributed by atoms with E-state index in [0.29, 0.717) is 0 Å². The van der Waals surface area contributed by atoms with Gasteiger partial charge in [-0.05, 0) is 17.5 Å². The SMILES string of the molecule is CCCC1(O)CN(Cc2ccc(CO)cc2)C1. The lowest BCUT2D eigenvalue weighted by atomic mass is 9.89. The Balaban J connectivity index is 1.83. The van der Waals surface area contributed by atoms with E-state index in [1.807, 2.05) is 24.3 Å². The molecule has 1 aromatic rings. The molecule has 2 N–H and O–H groups in total. The molecule has 0 unspecified atom stereocenters. The fourth-order valence-electron chi connectivity index (χ4n) is 2.53. The fraction of sp³-hybridized carbons (Fsp3) is 0.571. The van der Waals surface area contributed by atoms with Crippen molar-refractivity contribution in [3.63, 3.8) is 0 Å². The second-order valence-electron chi connectivity index (χ2n) is 5.09. The molecular formula is C14H21NO2. The highest BCUT2D eigenvalue weighted by Gasteiger charge is 2.39. The molecule has 3 heteroatoms. The second-order valence-corrected chi connectivity index (χ2v) is 5.09. The van der Waals surface area contributed by atoms with Crippen LogP contribution in [0, 0.1) is 0 Å². The maximum atomic E-state index is 10.1. The molecule has 94 valence electrons. The van der Waals surface area contributed by atoms with E-state index in [1.54, 1.807) is 0 Å². The van der Waals surface area contributed by atoms with E-state index in [1.165, 1.54) is 5.56 Å². The van der Waals surface area contributed by atoms with Gasteiger partial charge in [-0.2, -0.15) is 0 Å². The maximum absolute atomic E-state index is 10.1. The minimum absolute atomic E-state index is 0.0975. The Hall–Kier alpha value is -0.900. The summed E-state index contributed by atoms with van der Waals surface area (Å²) in [6, 6.07) is 7.99. The third-order valence-corrected chi connectivity index (χ3v) is 3.36. The molecule has 0 radical (unpaired) electrons. The first-order valence-electron chi connectivity index (χ1n) is 6.28. The highest BCUT2D eigenvalue weighted by atomic mass is 16.3. The van der Waals surface area contributed by atoms with Gasteiger partial charge >= 0.3 is 0 Å². The predicted molar refractivity (Wildman–Crippen MR) is 67.5 cm³/mol. The molecule has 0 aromatic heterocycles. The van der Waals surface area contributed by atoms with E-state index in [2.05, 4.69) is 11.8 Å². The van der Waals surface area contributed by atoms with Gasteiger partial charge in [-0.1, -0.05) is 37.6 Å². The number of likely N-dealkylation sites (tertiary alicyclic amines) is 1. The molecule has 0 amide bonds. The smallest absolute Gasteiger partial charge is 0.0900 e. The molecule has 3 nitrogen and oxygen atoms in total. The van der Waals surface area contributed by atoms with E-state index in [0.717, 1.165) is 38.0 Å². The Bertz CT molecular complexity index is 355. The minimum Gasteiger partial charge on any atom is -0.392 e. The van der Waals surface area contributed by atoms with Crippen molar-refractivity contribution in [2.75, 3.05) is 13.1 Å². The van der Waals surface area contributed by atoms with Gasteiger partial charge in [0.15, 0.2) is 0 Å². The highest BCUT2D eigenvalue weighted by molar-refractivity contribution is 5.22. The van der Waals surface area contributed by atoms with Gasteiger partial charge in [0.1, 0.15) is 0 Å². The van der Waals surface area contributed by atoms with Crippen molar-refractivity contribution in [2.24, 2.45) is 0 Å². The van der Waals surface area contributed by atoms with Crippen molar-refractivity contribution in [3.05, 3.63) is 35.4 Å². The molecule has 1 aliphatic heterocycles. The first-order valence-corrected chi connectivity index (χ1v) is 6.28. The molecular weight excluding hydrogens is 214 g/mol. The Kier molecular flexibility index (Phi) is 3.82. The number of nitrogens with zero attached hydrogens (tertiary/aromatic N) is 1. The fourth-order valence-corrected chi connectivity index (χ4v) is 2.53. The first-order chi connectivity index (χ1) is 8.15. The van der Waals surface area contributed by atoms with E-state index in [4.69, 9.17) is 5.11 Å². The summed E-state index contributed by atoms with van der Waals surface area (Å²) in [5, 5.41) is 19.0. The average Bonchev–Trinajstić information content (AvgIpc) is 2.28. The zero-order valence-electron chi connectivity index (χ0n) is 10.4. The van der Waals surface area contributed by atoms with Crippen molar-refractivity contribution < 1.29 is 10.2 Å². The van der Waals surface area contributed by atoms with Gasteiger partial charge in [-0.25, -0.2) is 0 Å². The normalized spacial score (nSPS) is 19.0. The van der Waals surface area contributed by atoms with Gasteiger partial charge in [0.25, 0.3) is 0 Å². The van der Waals surface area contributed by atoms with Crippen molar-refractivity contribution in [1.82, 2.24) is 4.90 Å². The molecule has 0 atom stereocenters. The van der Waals surface area contributed by atoms with Crippen LogP contribution in [0.25, 0.3) is 0 Å². The first kappa shape index (κ1) is 12.6. The van der Waals surface area contributed by atoms with Crippen LogP contribution in [0.3, 0.4) is 0 Å². The molecule has 1 aliphatic rings. The lowest BCUT2D eigenvalue weighted by molar-refractivity contribution is -0.106. The van der Waals surface area contributed by atoms with E-state index < -0.39 is 5.60 Å². The summed E-state index contributed by atoms with van der Waals surface area (Å²) in [4.78, 5) is 2.25. The largest absolute Gasteiger partial charge is 0.392 e. The standard InChI is InChI=1S/C14H21NO2/c1-2-7-14(17)10-15(11-14)8-12-3-5-13(9-16)6-4-12/h3-6,16-17H,2,7-11H2,1H3. The zero-order chi connectivity index (χ0) is 12.3. The van der Waals surface area contributed by atoms with Crippen LogP contribution in [0.5, 0.6) is 0 Å². The van der Waals surface area contributed by atoms with Crippen LogP contribution in [0.4, 0.5) is 0 Å². The number of aliphatic hydroxyl groups is 2. The van der Waals surface area contributed by atoms with Crippen molar-refractivity contribution >= 4 is 0 Å². The Morgan fingerprint density at radius 3 is 2.29 bits per heavy atom. The topological polar surface area (TPSA) is 43.7 Å². The second kappa shape index (κ2) is 5.17. The van der Waals surface area contributed by atoms with Crippen LogP contribution in [0.2, 0.25) is 0 Å². The average molecular weight is 235 g/mol. The third kappa shape index (κ3) is 3.06. The number of benzene rings is 1. The molecule has 0 aliphatic carbocycles. The van der Waals surface area contributed by atoms with Crippen molar-refractivity contribution in [3.8, 4) is 0 Å². The van der Waals surface area contributed by atoms with Crippen LogP contribution in [0.1, 0.15) is 30.9 Å². The summed E-state index contributed by atoms with van der Waals surface area (Å²) in [6.45, 7) is 4.65.